The standard InChI is InChI=1S/C12H18N4O2S/c1-16-8-9(7-15-16)6-14-11(17)12(10(13)19)2-4-18-5-3-12/h7-8H,2-6H2,1H3,(H2,13,19)(H,14,17). The highest BCUT2D eigenvalue weighted by Crippen LogP contribution is 2.31. The number of nitrogens with one attached hydrogen (secondary N) is 1. The summed E-state index contributed by atoms with van der Waals surface area (Å²) in [7, 11) is 1.83. The molecule has 1 aliphatic heterocycles. The molecule has 0 spiro atoms. The zero-order chi connectivity index (χ0) is 13.9. The maximum absolute atomic E-state index is 12.4. The Hall–Kier alpha value is -1.47. The quantitative estimate of drug-likeness (QED) is 0.767. The lowest BCUT2D eigenvalue weighted by molar-refractivity contribution is -0.131. The van der Waals surface area contributed by atoms with Gasteiger partial charge in [0.25, 0.3) is 0 Å². The summed E-state index contributed by atoms with van der Waals surface area (Å²) in [5, 5.41) is 6.94. The maximum Gasteiger partial charge on any atom is 0.233 e. The summed E-state index contributed by atoms with van der Waals surface area (Å²) in [4.78, 5) is 12.6. The van der Waals surface area contributed by atoms with E-state index in [9.17, 15) is 4.79 Å². The molecule has 1 fully saturated rings. The first-order valence-corrected chi connectivity index (χ1v) is 6.59. The van der Waals surface area contributed by atoms with E-state index >= 15 is 0 Å². The van der Waals surface area contributed by atoms with Crippen LogP contribution in [0.15, 0.2) is 12.4 Å². The molecule has 104 valence electrons. The fourth-order valence-corrected chi connectivity index (χ4v) is 2.52. The molecule has 2 heterocycles. The second kappa shape index (κ2) is 5.66. The number of carbonyl (C=O) groups is 1. The molecule has 3 N–H and O–H groups in total. The third kappa shape index (κ3) is 2.93. The van der Waals surface area contributed by atoms with E-state index < -0.39 is 5.41 Å². The minimum Gasteiger partial charge on any atom is -0.392 e. The van der Waals surface area contributed by atoms with Crippen LogP contribution in [0.1, 0.15) is 18.4 Å². The number of aryl methyl sites for hydroxylation is 1. The van der Waals surface area contributed by atoms with Gasteiger partial charge in [0.05, 0.1) is 11.2 Å². The average molecular weight is 282 g/mol. The summed E-state index contributed by atoms with van der Waals surface area (Å²) in [6.07, 6.45) is 4.66. The second-order valence-electron chi connectivity index (χ2n) is 4.76. The van der Waals surface area contributed by atoms with Crippen molar-refractivity contribution in [3.05, 3.63) is 18.0 Å². The van der Waals surface area contributed by atoms with Crippen molar-refractivity contribution in [2.24, 2.45) is 18.2 Å². The van der Waals surface area contributed by atoms with Crippen molar-refractivity contribution in [2.45, 2.75) is 19.4 Å². The van der Waals surface area contributed by atoms with E-state index in [1.54, 1.807) is 10.9 Å². The average Bonchev–Trinajstić information content (AvgIpc) is 2.82. The number of aromatic nitrogens is 2. The molecule has 1 saturated heterocycles. The number of hydrogen-bond donors (Lipinski definition) is 2. The van der Waals surface area contributed by atoms with Gasteiger partial charge in [0.15, 0.2) is 0 Å². The molecule has 0 atom stereocenters. The van der Waals surface area contributed by atoms with Crippen LogP contribution < -0.4 is 11.1 Å². The van der Waals surface area contributed by atoms with Crippen LogP contribution in [0.25, 0.3) is 0 Å². The molecule has 6 nitrogen and oxygen atoms in total. The summed E-state index contributed by atoms with van der Waals surface area (Å²) in [6, 6.07) is 0. The van der Waals surface area contributed by atoms with E-state index in [-0.39, 0.29) is 10.9 Å². The molecular weight excluding hydrogens is 264 g/mol. The van der Waals surface area contributed by atoms with Crippen molar-refractivity contribution in [2.75, 3.05) is 13.2 Å². The number of thiocarbonyl (C=S) groups is 1. The highest BCUT2D eigenvalue weighted by atomic mass is 32.1. The molecule has 1 aliphatic rings. The van der Waals surface area contributed by atoms with E-state index in [4.69, 9.17) is 22.7 Å². The van der Waals surface area contributed by atoms with Crippen LogP contribution in [-0.2, 0) is 23.1 Å². The lowest BCUT2D eigenvalue weighted by Crippen LogP contribution is -2.51. The van der Waals surface area contributed by atoms with Gasteiger partial charge in [0.2, 0.25) is 5.91 Å². The predicted octanol–water partition coefficient (Wildman–Crippen LogP) is 0.119. The van der Waals surface area contributed by atoms with Gasteiger partial charge in [-0.3, -0.25) is 9.48 Å². The first-order valence-electron chi connectivity index (χ1n) is 6.18. The van der Waals surface area contributed by atoms with Gasteiger partial charge in [-0.2, -0.15) is 5.10 Å². The highest BCUT2D eigenvalue weighted by Gasteiger charge is 2.42. The van der Waals surface area contributed by atoms with Gasteiger partial charge >= 0.3 is 0 Å². The number of carbonyl (C=O) groups excluding carboxylic acids is 1. The lowest BCUT2D eigenvalue weighted by atomic mass is 9.79. The largest absolute Gasteiger partial charge is 0.392 e. The van der Waals surface area contributed by atoms with Gasteiger partial charge in [-0.1, -0.05) is 12.2 Å². The summed E-state index contributed by atoms with van der Waals surface area (Å²) in [5.41, 5.74) is 5.95. The molecule has 0 aliphatic carbocycles. The van der Waals surface area contributed by atoms with Crippen molar-refractivity contribution in [3.63, 3.8) is 0 Å². The monoisotopic (exact) mass is 282 g/mol. The van der Waals surface area contributed by atoms with E-state index in [0.717, 1.165) is 5.56 Å². The van der Waals surface area contributed by atoms with Crippen LogP contribution in [0.5, 0.6) is 0 Å². The van der Waals surface area contributed by atoms with Crippen LogP contribution in [0.3, 0.4) is 0 Å². The van der Waals surface area contributed by atoms with Gasteiger partial charge in [0.1, 0.15) is 5.41 Å². The van der Waals surface area contributed by atoms with Crippen LogP contribution in [0.4, 0.5) is 0 Å². The Morgan fingerprint density at radius 2 is 2.32 bits per heavy atom. The molecule has 19 heavy (non-hydrogen) atoms. The molecular formula is C12H18N4O2S. The third-order valence-electron chi connectivity index (χ3n) is 3.46. The third-order valence-corrected chi connectivity index (χ3v) is 3.85. The molecule has 7 heteroatoms. The Bertz CT molecular complexity index is 480. The summed E-state index contributed by atoms with van der Waals surface area (Å²) >= 11 is 5.08. The van der Waals surface area contributed by atoms with Crippen LogP contribution in [0, 0.1) is 5.41 Å². The number of hydrogen-bond acceptors (Lipinski definition) is 4. The van der Waals surface area contributed by atoms with Gasteiger partial charge in [-0.25, -0.2) is 0 Å². The Balaban J connectivity index is 2.02. The van der Waals surface area contributed by atoms with E-state index in [1.807, 2.05) is 13.2 Å². The minimum absolute atomic E-state index is 0.118. The SMILES string of the molecule is Cn1cc(CNC(=O)C2(C(N)=S)CCOCC2)cn1. The van der Waals surface area contributed by atoms with Gasteiger partial charge in [-0.15, -0.1) is 0 Å². The van der Waals surface area contributed by atoms with Gasteiger partial charge in [-0.05, 0) is 12.8 Å². The Labute approximate surface area is 117 Å². The number of nitrogens with two attached hydrogens (primary N) is 1. The van der Waals surface area contributed by atoms with E-state index in [2.05, 4.69) is 10.4 Å². The molecule has 0 bridgehead atoms. The topological polar surface area (TPSA) is 82.2 Å². The van der Waals surface area contributed by atoms with Crippen LogP contribution in [0.2, 0.25) is 0 Å². The highest BCUT2D eigenvalue weighted by molar-refractivity contribution is 7.80. The fourth-order valence-electron chi connectivity index (χ4n) is 2.22. The normalized spacial score (nSPS) is 17.9. The fraction of sp³-hybridized carbons (Fsp3) is 0.583. The Morgan fingerprint density at radius 3 is 2.84 bits per heavy atom. The molecule has 0 radical (unpaired) electrons. The molecule has 1 aromatic rings. The first kappa shape index (κ1) is 14.0. The molecule has 1 amide bonds. The van der Waals surface area contributed by atoms with Crippen molar-refractivity contribution >= 4 is 23.1 Å². The maximum atomic E-state index is 12.4. The zero-order valence-electron chi connectivity index (χ0n) is 10.9. The lowest BCUT2D eigenvalue weighted by Gasteiger charge is -2.34. The van der Waals surface area contributed by atoms with Crippen LogP contribution in [-0.4, -0.2) is 33.9 Å². The van der Waals surface area contributed by atoms with Gasteiger partial charge in [0, 0.05) is 38.6 Å². The number of amides is 1. The molecule has 0 aromatic carbocycles. The molecule has 2 rings (SSSR count). The predicted molar refractivity (Wildman–Crippen MR) is 74.3 cm³/mol. The van der Waals surface area contributed by atoms with Crippen molar-refractivity contribution in [3.8, 4) is 0 Å². The minimum atomic E-state index is -0.768. The van der Waals surface area contributed by atoms with E-state index in [0.29, 0.717) is 32.6 Å². The molecule has 0 saturated carbocycles. The van der Waals surface area contributed by atoms with E-state index in [1.165, 1.54) is 0 Å². The second-order valence-corrected chi connectivity index (χ2v) is 5.20. The number of nitrogens with zero attached hydrogens (tertiary/aromatic N) is 2. The van der Waals surface area contributed by atoms with Crippen molar-refractivity contribution in [1.82, 2.24) is 15.1 Å². The zero-order valence-corrected chi connectivity index (χ0v) is 11.7. The summed E-state index contributed by atoms with van der Waals surface area (Å²) < 4.78 is 6.98. The van der Waals surface area contributed by atoms with Crippen molar-refractivity contribution in [1.29, 1.82) is 0 Å². The Morgan fingerprint density at radius 1 is 1.63 bits per heavy atom. The smallest absolute Gasteiger partial charge is 0.233 e. The number of ether oxygens (including phenoxy) is 1. The Kier molecular flexibility index (Phi) is 4.16. The molecule has 1 aromatic heterocycles. The number of rotatable bonds is 4. The summed E-state index contributed by atoms with van der Waals surface area (Å²) in [5.74, 6) is -0.118. The van der Waals surface area contributed by atoms with Crippen LogP contribution >= 0.6 is 12.2 Å². The first-order chi connectivity index (χ1) is 9.04. The van der Waals surface area contributed by atoms with Crippen molar-refractivity contribution < 1.29 is 9.53 Å². The summed E-state index contributed by atoms with van der Waals surface area (Å²) in [6.45, 7) is 1.45. The van der Waals surface area contributed by atoms with Gasteiger partial charge < -0.3 is 15.8 Å². The molecule has 0 unspecified atom stereocenters.